The van der Waals surface area contributed by atoms with E-state index < -0.39 is 0 Å². The van der Waals surface area contributed by atoms with Gasteiger partial charge in [-0.2, -0.15) is 0 Å². The first-order valence-corrected chi connectivity index (χ1v) is 10.8. The highest BCUT2D eigenvalue weighted by atomic mass is 32.1. The quantitative estimate of drug-likeness (QED) is 0.450. The van der Waals surface area contributed by atoms with Crippen LogP contribution in [-0.4, -0.2) is 49.6 Å². The van der Waals surface area contributed by atoms with Crippen LogP contribution in [0.4, 0.5) is 5.13 Å². The molecule has 2 aromatic heterocycles. The molecule has 0 spiro atoms. The SMILES string of the molecule is CCOC(=O)c1ccc(CC(=O)c2cc3sc(N4CCOCC4)nc3s2)cc1. The van der Waals surface area contributed by atoms with Gasteiger partial charge in [-0.15, -0.1) is 11.3 Å². The predicted molar refractivity (Wildman–Crippen MR) is 111 cm³/mol. The number of ketones is 1. The molecule has 1 aliphatic rings. The Balaban J connectivity index is 1.43. The molecule has 6 nitrogen and oxygen atoms in total. The molecule has 0 N–H and O–H groups in total. The number of fused-ring (bicyclic) bond motifs is 1. The zero-order valence-electron chi connectivity index (χ0n) is 15.5. The van der Waals surface area contributed by atoms with E-state index in [4.69, 9.17) is 14.5 Å². The van der Waals surface area contributed by atoms with Crippen molar-refractivity contribution >= 4 is 49.1 Å². The van der Waals surface area contributed by atoms with Crippen LogP contribution in [0.1, 0.15) is 32.5 Å². The van der Waals surface area contributed by atoms with Gasteiger partial charge in [0.25, 0.3) is 0 Å². The Morgan fingerprint density at radius 2 is 1.93 bits per heavy atom. The number of carbonyl (C=O) groups excluding carboxylic acids is 2. The van der Waals surface area contributed by atoms with Gasteiger partial charge < -0.3 is 14.4 Å². The number of thiophene rings is 1. The Morgan fingerprint density at radius 1 is 1.18 bits per heavy atom. The number of thiazole rings is 1. The monoisotopic (exact) mass is 416 g/mol. The molecule has 1 saturated heterocycles. The van der Waals surface area contributed by atoms with Crippen LogP contribution in [0.15, 0.2) is 30.3 Å². The van der Waals surface area contributed by atoms with Crippen LogP contribution in [0.2, 0.25) is 0 Å². The molecule has 3 heterocycles. The highest BCUT2D eigenvalue weighted by molar-refractivity contribution is 7.29. The number of anilines is 1. The Kier molecular flexibility index (Phi) is 5.70. The summed E-state index contributed by atoms with van der Waals surface area (Å²) in [6, 6.07) is 8.94. The number of hydrogen-bond acceptors (Lipinski definition) is 8. The Bertz CT molecular complexity index is 956. The van der Waals surface area contributed by atoms with Crippen LogP contribution in [0.3, 0.4) is 0 Å². The third kappa shape index (κ3) is 4.09. The largest absolute Gasteiger partial charge is 0.462 e. The zero-order chi connectivity index (χ0) is 19.5. The number of esters is 1. The molecule has 3 aromatic rings. The molecule has 8 heteroatoms. The number of hydrogen-bond donors (Lipinski definition) is 0. The van der Waals surface area contributed by atoms with E-state index in [2.05, 4.69) is 4.90 Å². The molecular formula is C20H20N2O4S2. The molecule has 0 unspecified atom stereocenters. The highest BCUT2D eigenvalue weighted by Gasteiger charge is 2.19. The van der Waals surface area contributed by atoms with E-state index in [1.165, 1.54) is 11.3 Å². The summed E-state index contributed by atoms with van der Waals surface area (Å²) in [7, 11) is 0. The Morgan fingerprint density at radius 3 is 2.61 bits per heavy atom. The van der Waals surface area contributed by atoms with Crippen LogP contribution < -0.4 is 4.90 Å². The van der Waals surface area contributed by atoms with Gasteiger partial charge in [-0.1, -0.05) is 23.5 Å². The average Bonchev–Trinajstić information content (AvgIpc) is 3.29. The van der Waals surface area contributed by atoms with Crippen molar-refractivity contribution in [1.29, 1.82) is 0 Å². The lowest BCUT2D eigenvalue weighted by Crippen LogP contribution is -2.36. The van der Waals surface area contributed by atoms with Gasteiger partial charge in [0, 0.05) is 19.5 Å². The summed E-state index contributed by atoms with van der Waals surface area (Å²) >= 11 is 3.07. The van der Waals surface area contributed by atoms with E-state index in [0.717, 1.165) is 51.4 Å². The minimum absolute atomic E-state index is 0.0620. The lowest BCUT2D eigenvalue weighted by Gasteiger charge is -2.25. The van der Waals surface area contributed by atoms with Crippen molar-refractivity contribution in [2.75, 3.05) is 37.8 Å². The molecule has 0 bridgehead atoms. The first kappa shape index (κ1) is 19.0. The minimum atomic E-state index is -0.346. The number of rotatable bonds is 6. The van der Waals surface area contributed by atoms with E-state index in [0.29, 0.717) is 18.6 Å². The topological polar surface area (TPSA) is 68.7 Å². The second-order valence-electron chi connectivity index (χ2n) is 6.39. The number of nitrogens with zero attached hydrogens (tertiary/aromatic N) is 2. The molecule has 1 fully saturated rings. The summed E-state index contributed by atoms with van der Waals surface area (Å²) in [5.74, 6) is -0.284. The van der Waals surface area contributed by atoms with Gasteiger partial charge in [0.2, 0.25) is 0 Å². The molecule has 0 aliphatic carbocycles. The summed E-state index contributed by atoms with van der Waals surface area (Å²) in [6.45, 7) is 5.28. The molecular weight excluding hydrogens is 396 g/mol. The second-order valence-corrected chi connectivity index (χ2v) is 8.43. The number of carbonyl (C=O) groups is 2. The number of benzene rings is 1. The molecule has 0 atom stereocenters. The molecule has 28 heavy (non-hydrogen) atoms. The summed E-state index contributed by atoms with van der Waals surface area (Å²) in [4.78, 5) is 32.9. The summed E-state index contributed by atoms with van der Waals surface area (Å²) in [5.41, 5.74) is 1.37. The van der Waals surface area contributed by atoms with Gasteiger partial charge in [0.15, 0.2) is 10.9 Å². The molecule has 1 aromatic carbocycles. The van der Waals surface area contributed by atoms with Crippen molar-refractivity contribution in [1.82, 2.24) is 4.98 Å². The molecule has 0 amide bonds. The van der Waals surface area contributed by atoms with Crippen molar-refractivity contribution in [3.05, 3.63) is 46.3 Å². The molecule has 4 rings (SSSR count). The van der Waals surface area contributed by atoms with Gasteiger partial charge in [0.1, 0.15) is 4.83 Å². The fourth-order valence-corrected chi connectivity index (χ4v) is 5.20. The molecule has 0 radical (unpaired) electrons. The number of aromatic nitrogens is 1. The summed E-state index contributed by atoms with van der Waals surface area (Å²) in [6.07, 6.45) is 0.299. The van der Waals surface area contributed by atoms with E-state index in [1.807, 2.05) is 6.07 Å². The van der Waals surface area contributed by atoms with E-state index in [1.54, 1.807) is 42.5 Å². The fourth-order valence-electron chi connectivity index (χ4n) is 3.00. The van der Waals surface area contributed by atoms with Gasteiger partial charge in [-0.05, 0) is 30.7 Å². The Hall–Kier alpha value is -2.29. The van der Waals surface area contributed by atoms with Crippen molar-refractivity contribution < 1.29 is 19.1 Å². The predicted octanol–water partition coefficient (Wildman–Crippen LogP) is 3.80. The maximum atomic E-state index is 12.7. The maximum absolute atomic E-state index is 12.7. The minimum Gasteiger partial charge on any atom is -0.462 e. The average molecular weight is 417 g/mol. The molecule has 0 saturated carbocycles. The van der Waals surface area contributed by atoms with E-state index >= 15 is 0 Å². The van der Waals surface area contributed by atoms with Gasteiger partial charge in [-0.25, -0.2) is 9.78 Å². The van der Waals surface area contributed by atoms with Crippen LogP contribution in [0.5, 0.6) is 0 Å². The van der Waals surface area contributed by atoms with E-state index in [-0.39, 0.29) is 11.8 Å². The molecule has 146 valence electrons. The van der Waals surface area contributed by atoms with Gasteiger partial charge in [-0.3, -0.25) is 4.79 Å². The summed E-state index contributed by atoms with van der Waals surface area (Å²) < 4.78 is 11.4. The second kappa shape index (κ2) is 8.38. The smallest absolute Gasteiger partial charge is 0.338 e. The van der Waals surface area contributed by atoms with Crippen LogP contribution >= 0.6 is 22.7 Å². The first-order chi connectivity index (χ1) is 13.6. The fraction of sp³-hybridized carbons (Fsp3) is 0.350. The van der Waals surface area contributed by atoms with E-state index in [9.17, 15) is 9.59 Å². The number of ether oxygens (including phenoxy) is 2. The van der Waals surface area contributed by atoms with Crippen molar-refractivity contribution in [2.45, 2.75) is 13.3 Å². The third-order valence-electron chi connectivity index (χ3n) is 4.46. The molecule has 1 aliphatic heterocycles. The normalized spacial score (nSPS) is 14.4. The Labute approximate surface area is 170 Å². The van der Waals surface area contributed by atoms with Crippen LogP contribution in [-0.2, 0) is 15.9 Å². The van der Waals surface area contributed by atoms with Crippen molar-refractivity contribution in [3.8, 4) is 0 Å². The zero-order valence-corrected chi connectivity index (χ0v) is 17.1. The van der Waals surface area contributed by atoms with Crippen LogP contribution in [0.25, 0.3) is 9.53 Å². The first-order valence-electron chi connectivity index (χ1n) is 9.16. The maximum Gasteiger partial charge on any atom is 0.338 e. The summed E-state index contributed by atoms with van der Waals surface area (Å²) in [5, 5.41) is 0.998. The standard InChI is InChI=1S/C20H20N2O4S2/c1-2-26-19(24)14-5-3-13(4-6-14)11-15(23)16-12-17-18(27-16)21-20(28-17)22-7-9-25-10-8-22/h3-6,12H,2,7-11H2,1H3. The van der Waals surface area contributed by atoms with Gasteiger partial charge >= 0.3 is 5.97 Å². The highest BCUT2D eigenvalue weighted by Crippen LogP contribution is 2.35. The lowest BCUT2D eigenvalue weighted by molar-refractivity contribution is 0.0526. The van der Waals surface area contributed by atoms with Crippen molar-refractivity contribution in [2.24, 2.45) is 0 Å². The third-order valence-corrected chi connectivity index (χ3v) is 6.73. The van der Waals surface area contributed by atoms with Gasteiger partial charge in [0.05, 0.1) is 35.0 Å². The van der Waals surface area contributed by atoms with Crippen molar-refractivity contribution in [3.63, 3.8) is 0 Å². The van der Waals surface area contributed by atoms with Crippen LogP contribution in [0, 0.1) is 0 Å². The number of morpholine rings is 1. The lowest BCUT2D eigenvalue weighted by atomic mass is 10.1. The number of Topliss-reactive ketones (excluding diaryl/α,β-unsaturated/α-hetero) is 1.